The molecule has 0 saturated heterocycles. The van der Waals surface area contributed by atoms with Crippen LogP contribution in [0.4, 0.5) is 0 Å². The van der Waals surface area contributed by atoms with E-state index in [0.717, 1.165) is 5.56 Å². The van der Waals surface area contributed by atoms with E-state index in [4.69, 9.17) is 9.47 Å². The van der Waals surface area contributed by atoms with Gasteiger partial charge >= 0.3 is 11.9 Å². The molecule has 1 aliphatic rings. The second kappa shape index (κ2) is 6.48. The molecule has 1 aliphatic heterocycles. The molecule has 0 fully saturated rings. The van der Waals surface area contributed by atoms with Crippen molar-refractivity contribution in [2.75, 3.05) is 0 Å². The van der Waals surface area contributed by atoms with E-state index in [1.165, 1.54) is 0 Å². The summed E-state index contributed by atoms with van der Waals surface area (Å²) in [7, 11) is 0. The molecular formula is C22H16O4. The van der Waals surface area contributed by atoms with E-state index in [9.17, 15) is 9.59 Å². The fraction of sp³-hybridized carbons (Fsp3) is 0.0909. The first-order valence-corrected chi connectivity index (χ1v) is 8.33. The Balaban J connectivity index is 1.80. The summed E-state index contributed by atoms with van der Waals surface area (Å²) in [5.74, 6) is -0.452. The molecule has 3 aromatic rings. The van der Waals surface area contributed by atoms with Gasteiger partial charge in [-0.15, -0.1) is 0 Å². The van der Waals surface area contributed by atoms with Gasteiger partial charge in [0.2, 0.25) is 0 Å². The number of hydrogen-bond donors (Lipinski definition) is 0. The van der Waals surface area contributed by atoms with E-state index in [1.54, 1.807) is 48.5 Å². The Morgan fingerprint density at radius 1 is 0.846 bits per heavy atom. The molecule has 1 atom stereocenters. The summed E-state index contributed by atoms with van der Waals surface area (Å²) in [6.45, 7) is 0. The van der Waals surface area contributed by atoms with E-state index in [1.807, 2.05) is 36.4 Å². The number of benzene rings is 3. The lowest BCUT2D eigenvalue weighted by atomic mass is 9.76. The van der Waals surface area contributed by atoms with E-state index >= 15 is 0 Å². The van der Waals surface area contributed by atoms with E-state index in [2.05, 4.69) is 0 Å². The summed E-state index contributed by atoms with van der Waals surface area (Å²) in [6, 6.07) is 25.1. The highest BCUT2D eigenvalue weighted by Gasteiger charge is 2.56. The van der Waals surface area contributed by atoms with Crippen molar-refractivity contribution in [1.29, 1.82) is 0 Å². The van der Waals surface area contributed by atoms with Crippen molar-refractivity contribution in [3.63, 3.8) is 0 Å². The fourth-order valence-corrected chi connectivity index (χ4v) is 3.22. The van der Waals surface area contributed by atoms with E-state index in [0.29, 0.717) is 17.1 Å². The molecule has 4 rings (SSSR count). The summed E-state index contributed by atoms with van der Waals surface area (Å²) < 4.78 is 11.0. The first-order valence-electron chi connectivity index (χ1n) is 8.33. The first-order chi connectivity index (χ1) is 12.7. The maximum absolute atomic E-state index is 13.2. The minimum atomic E-state index is -1.52. The zero-order valence-electron chi connectivity index (χ0n) is 13.9. The molecule has 4 nitrogen and oxygen atoms in total. The van der Waals surface area contributed by atoms with Crippen molar-refractivity contribution in [2.24, 2.45) is 0 Å². The van der Waals surface area contributed by atoms with Gasteiger partial charge in [0.1, 0.15) is 11.5 Å². The van der Waals surface area contributed by atoms with Crippen LogP contribution >= 0.6 is 0 Å². The van der Waals surface area contributed by atoms with Crippen LogP contribution in [0.3, 0.4) is 0 Å². The Morgan fingerprint density at radius 2 is 1.46 bits per heavy atom. The van der Waals surface area contributed by atoms with Crippen LogP contribution < -0.4 is 9.47 Å². The number of para-hydroxylation sites is 2. The van der Waals surface area contributed by atoms with Crippen molar-refractivity contribution in [3.05, 3.63) is 96.1 Å². The Labute approximate surface area is 151 Å². The van der Waals surface area contributed by atoms with Crippen LogP contribution in [0, 0.1) is 0 Å². The zero-order chi connectivity index (χ0) is 18.0. The molecular weight excluding hydrogens is 328 g/mol. The second-order valence-electron chi connectivity index (χ2n) is 6.16. The highest BCUT2D eigenvalue weighted by Crippen LogP contribution is 2.43. The van der Waals surface area contributed by atoms with E-state index < -0.39 is 17.4 Å². The van der Waals surface area contributed by atoms with Gasteiger partial charge in [-0.1, -0.05) is 66.7 Å². The summed E-state index contributed by atoms with van der Waals surface area (Å²) in [4.78, 5) is 26.1. The fourth-order valence-electron chi connectivity index (χ4n) is 3.22. The van der Waals surface area contributed by atoms with Gasteiger partial charge in [0.05, 0.1) is 0 Å². The van der Waals surface area contributed by atoms with Crippen LogP contribution in [0.2, 0.25) is 0 Å². The molecule has 3 aromatic carbocycles. The summed E-state index contributed by atoms with van der Waals surface area (Å²) in [6.07, 6.45) is 0.176. The predicted octanol–water partition coefficient (Wildman–Crippen LogP) is 3.69. The van der Waals surface area contributed by atoms with Crippen LogP contribution in [0.1, 0.15) is 11.1 Å². The molecule has 0 spiro atoms. The van der Waals surface area contributed by atoms with Gasteiger partial charge in [0.25, 0.3) is 0 Å². The van der Waals surface area contributed by atoms with Crippen molar-refractivity contribution < 1.29 is 19.1 Å². The third kappa shape index (κ3) is 2.65. The normalized spacial score (nSPS) is 18.1. The summed E-state index contributed by atoms with van der Waals surface area (Å²) >= 11 is 0. The third-order valence-electron chi connectivity index (χ3n) is 4.51. The minimum absolute atomic E-state index is 0.176. The van der Waals surface area contributed by atoms with Crippen LogP contribution in [0.25, 0.3) is 0 Å². The molecule has 0 unspecified atom stereocenters. The average molecular weight is 344 g/mol. The number of carbonyl (C=O) groups excluding carboxylic acids is 2. The largest absolute Gasteiger partial charge is 0.425 e. The van der Waals surface area contributed by atoms with Gasteiger partial charge in [-0.2, -0.15) is 0 Å². The molecule has 0 aromatic heterocycles. The van der Waals surface area contributed by atoms with Gasteiger partial charge < -0.3 is 9.47 Å². The summed E-state index contributed by atoms with van der Waals surface area (Å²) in [5.41, 5.74) is -0.130. The van der Waals surface area contributed by atoms with Gasteiger partial charge in [-0.05, 0) is 23.8 Å². The van der Waals surface area contributed by atoms with E-state index in [-0.39, 0.29) is 6.42 Å². The smallest absolute Gasteiger partial charge is 0.333 e. The lowest BCUT2D eigenvalue weighted by Crippen LogP contribution is -2.46. The molecule has 0 bridgehead atoms. The number of hydrogen-bond acceptors (Lipinski definition) is 4. The molecule has 0 aliphatic carbocycles. The molecule has 26 heavy (non-hydrogen) atoms. The Morgan fingerprint density at radius 3 is 2.19 bits per heavy atom. The second-order valence-corrected chi connectivity index (χ2v) is 6.16. The SMILES string of the molecule is O=C(Oc1ccccc1)[C@]1(Cc2ccccc2)C(=O)Oc2ccccc21. The number of esters is 2. The Kier molecular flexibility index (Phi) is 4.01. The predicted molar refractivity (Wildman–Crippen MR) is 96.0 cm³/mol. The molecule has 4 heteroatoms. The maximum atomic E-state index is 13.2. The summed E-state index contributed by atoms with van der Waals surface area (Å²) in [5, 5.41) is 0. The molecule has 128 valence electrons. The van der Waals surface area contributed by atoms with Crippen molar-refractivity contribution in [1.82, 2.24) is 0 Å². The molecule has 1 heterocycles. The lowest BCUT2D eigenvalue weighted by molar-refractivity contribution is -0.152. The molecule has 0 radical (unpaired) electrons. The lowest BCUT2D eigenvalue weighted by Gasteiger charge is -2.24. The van der Waals surface area contributed by atoms with Crippen molar-refractivity contribution in [3.8, 4) is 11.5 Å². The highest BCUT2D eigenvalue weighted by atomic mass is 16.6. The van der Waals surface area contributed by atoms with Crippen LogP contribution in [0.15, 0.2) is 84.9 Å². The van der Waals surface area contributed by atoms with Crippen LogP contribution in [-0.4, -0.2) is 11.9 Å². The number of carbonyl (C=O) groups is 2. The zero-order valence-corrected chi connectivity index (χ0v) is 13.9. The molecule has 0 saturated carbocycles. The first kappa shape index (κ1) is 16.1. The standard InChI is InChI=1S/C22H16O4/c23-20(25-17-11-5-2-6-12-17)22(15-16-9-3-1-4-10-16)18-13-7-8-14-19(18)26-21(22)24/h1-14H,15H2/t22-/m1/s1. The molecule has 0 N–H and O–H groups in total. The third-order valence-corrected chi connectivity index (χ3v) is 4.51. The van der Waals surface area contributed by atoms with Crippen LogP contribution in [-0.2, 0) is 21.4 Å². The van der Waals surface area contributed by atoms with Gasteiger partial charge in [-0.3, -0.25) is 9.59 Å². The highest BCUT2D eigenvalue weighted by molar-refractivity contribution is 6.11. The van der Waals surface area contributed by atoms with Gasteiger partial charge in [0, 0.05) is 12.0 Å². The number of rotatable bonds is 4. The average Bonchev–Trinajstić information content (AvgIpc) is 2.96. The van der Waals surface area contributed by atoms with Crippen LogP contribution in [0.5, 0.6) is 11.5 Å². The quantitative estimate of drug-likeness (QED) is 0.411. The Hall–Kier alpha value is -3.40. The number of fused-ring (bicyclic) bond motifs is 1. The number of ether oxygens (including phenoxy) is 2. The minimum Gasteiger partial charge on any atom is -0.425 e. The maximum Gasteiger partial charge on any atom is 0.333 e. The van der Waals surface area contributed by atoms with Gasteiger partial charge in [0.15, 0.2) is 5.41 Å². The van der Waals surface area contributed by atoms with Crippen molar-refractivity contribution in [2.45, 2.75) is 11.8 Å². The van der Waals surface area contributed by atoms with Gasteiger partial charge in [-0.25, -0.2) is 0 Å². The van der Waals surface area contributed by atoms with Crippen molar-refractivity contribution >= 4 is 11.9 Å². The Bertz CT molecular complexity index is 950. The monoisotopic (exact) mass is 344 g/mol. The topological polar surface area (TPSA) is 52.6 Å². The molecule has 0 amide bonds.